The van der Waals surface area contributed by atoms with Crippen molar-refractivity contribution in [2.24, 2.45) is 0 Å². The quantitative estimate of drug-likeness (QED) is 0.710. The van der Waals surface area contributed by atoms with Crippen LogP contribution in [0.5, 0.6) is 0 Å². The summed E-state index contributed by atoms with van der Waals surface area (Å²) in [6.45, 7) is 3.88. The molecule has 0 bridgehead atoms. The smallest absolute Gasteiger partial charge is 0.273 e. The number of imidazole rings is 1. The Hall–Kier alpha value is -3.00. The second kappa shape index (κ2) is 6.87. The number of nitrogens with one attached hydrogen (secondary N) is 1. The molecule has 2 fully saturated rings. The molecule has 2 aromatic heterocycles. The van der Waals surface area contributed by atoms with E-state index in [1.807, 2.05) is 10.8 Å². The minimum Gasteiger partial charge on any atom is -0.345 e. The number of carbonyl (C=O) groups excluding carboxylic acids is 1. The first-order valence-electron chi connectivity index (χ1n) is 9.72. The Bertz CT molecular complexity index is 953. The van der Waals surface area contributed by atoms with Gasteiger partial charge in [0, 0.05) is 37.2 Å². The van der Waals surface area contributed by atoms with Crippen LogP contribution in [0.2, 0.25) is 0 Å². The normalized spacial score (nSPS) is 18.6. The number of aromatic nitrogens is 5. The summed E-state index contributed by atoms with van der Waals surface area (Å²) in [5.41, 5.74) is 2.77. The van der Waals surface area contributed by atoms with E-state index < -0.39 is 0 Å². The van der Waals surface area contributed by atoms with E-state index >= 15 is 0 Å². The number of amides is 1. The Balaban J connectivity index is 1.14. The van der Waals surface area contributed by atoms with Crippen LogP contribution >= 0.6 is 0 Å². The largest absolute Gasteiger partial charge is 0.345 e. The Morgan fingerprint density at radius 3 is 2.68 bits per heavy atom. The molecule has 2 aliphatic rings. The summed E-state index contributed by atoms with van der Waals surface area (Å²) in [4.78, 5) is 18.8. The lowest BCUT2D eigenvalue weighted by atomic mass is 10.00. The number of rotatable bonds is 6. The second-order valence-electron chi connectivity index (χ2n) is 7.68. The molecule has 3 aromatic rings. The summed E-state index contributed by atoms with van der Waals surface area (Å²) in [5, 5.41) is 11.1. The highest BCUT2D eigenvalue weighted by Crippen LogP contribution is 2.33. The molecular weight excluding hydrogens is 354 g/mol. The minimum absolute atomic E-state index is 0.131. The van der Waals surface area contributed by atoms with Crippen molar-refractivity contribution in [3.8, 4) is 5.69 Å². The van der Waals surface area contributed by atoms with Gasteiger partial charge in [0.2, 0.25) is 0 Å². The van der Waals surface area contributed by atoms with Crippen molar-refractivity contribution in [2.75, 3.05) is 13.1 Å². The molecule has 1 atom stereocenters. The SMILES string of the molecule is CC(c1ccc(-n2ccnc2)cc1)N1CC(NC(=O)c2cn(C3CC3)nn2)C1. The number of nitrogens with zero attached hydrogens (tertiary/aromatic N) is 6. The first-order chi connectivity index (χ1) is 13.7. The van der Waals surface area contributed by atoms with Gasteiger partial charge in [0.1, 0.15) is 0 Å². The van der Waals surface area contributed by atoms with Crippen LogP contribution in [0.15, 0.2) is 49.2 Å². The predicted octanol–water partition coefficient (Wildman–Crippen LogP) is 1.97. The summed E-state index contributed by atoms with van der Waals surface area (Å²) < 4.78 is 3.79. The van der Waals surface area contributed by atoms with E-state index in [0.29, 0.717) is 17.8 Å². The fraction of sp³-hybridized carbons (Fsp3) is 0.400. The van der Waals surface area contributed by atoms with Gasteiger partial charge in [0.15, 0.2) is 5.69 Å². The Labute approximate surface area is 163 Å². The average molecular weight is 377 g/mol. The molecule has 28 heavy (non-hydrogen) atoms. The molecule has 1 aliphatic heterocycles. The van der Waals surface area contributed by atoms with Crippen molar-refractivity contribution in [3.05, 3.63) is 60.4 Å². The molecule has 0 spiro atoms. The van der Waals surface area contributed by atoms with E-state index in [2.05, 4.69) is 56.7 Å². The third-order valence-corrected chi connectivity index (χ3v) is 5.63. The standard InChI is InChI=1S/C20H23N7O/c1-14(15-2-4-17(5-3-15)25-9-8-21-13-25)26-10-16(11-26)22-20(28)19-12-27(24-23-19)18-6-7-18/h2-5,8-9,12-14,16,18H,6-7,10-11H2,1H3,(H,22,28). The van der Waals surface area contributed by atoms with Crippen molar-refractivity contribution < 1.29 is 4.79 Å². The molecule has 3 heterocycles. The van der Waals surface area contributed by atoms with Gasteiger partial charge in [-0.25, -0.2) is 9.67 Å². The molecule has 1 aliphatic carbocycles. The zero-order chi connectivity index (χ0) is 19.1. The molecule has 8 nitrogen and oxygen atoms in total. The van der Waals surface area contributed by atoms with Crippen molar-refractivity contribution >= 4 is 5.91 Å². The highest BCUT2D eigenvalue weighted by atomic mass is 16.2. The van der Waals surface area contributed by atoms with Crippen molar-refractivity contribution in [1.82, 2.24) is 34.8 Å². The van der Waals surface area contributed by atoms with E-state index in [1.165, 1.54) is 5.56 Å². The van der Waals surface area contributed by atoms with Crippen LogP contribution in [0.4, 0.5) is 0 Å². The third kappa shape index (κ3) is 3.31. The Morgan fingerprint density at radius 2 is 2.00 bits per heavy atom. The maximum Gasteiger partial charge on any atom is 0.273 e. The molecule has 1 N–H and O–H groups in total. The van der Waals surface area contributed by atoms with E-state index in [9.17, 15) is 4.79 Å². The van der Waals surface area contributed by atoms with Gasteiger partial charge in [0.25, 0.3) is 5.91 Å². The third-order valence-electron chi connectivity index (χ3n) is 5.63. The van der Waals surface area contributed by atoms with Gasteiger partial charge in [-0.2, -0.15) is 0 Å². The lowest BCUT2D eigenvalue weighted by Crippen LogP contribution is -2.59. The van der Waals surface area contributed by atoms with Gasteiger partial charge in [0.05, 0.1) is 24.6 Å². The summed E-state index contributed by atoms with van der Waals surface area (Å²) in [6, 6.07) is 9.43. The van der Waals surface area contributed by atoms with Crippen LogP contribution < -0.4 is 5.32 Å². The maximum absolute atomic E-state index is 12.3. The second-order valence-corrected chi connectivity index (χ2v) is 7.68. The van der Waals surface area contributed by atoms with Crippen molar-refractivity contribution in [2.45, 2.75) is 37.9 Å². The first kappa shape index (κ1) is 17.1. The van der Waals surface area contributed by atoms with Gasteiger partial charge in [-0.15, -0.1) is 5.10 Å². The molecule has 0 radical (unpaired) electrons. The van der Waals surface area contributed by atoms with Crippen LogP contribution in [0.3, 0.4) is 0 Å². The van der Waals surface area contributed by atoms with Crippen LogP contribution in [-0.2, 0) is 0 Å². The van der Waals surface area contributed by atoms with Crippen LogP contribution in [0, 0.1) is 0 Å². The number of benzene rings is 1. The molecule has 1 aromatic carbocycles. The summed E-state index contributed by atoms with van der Waals surface area (Å²) >= 11 is 0. The van der Waals surface area contributed by atoms with E-state index in [4.69, 9.17) is 0 Å². The van der Waals surface area contributed by atoms with Crippen LogP contribution in [0.1, 0.15) is 47.9 Å². The van der Waals surface area contributed by atoms with Gasteiger partial charge < -0.3 is 9.88 Å². The van der Waals surface area contributed by atoms with E-state index in [1.54, 1.807) is 23.4 Å². The van der Waals surface area contributed by atoms with Crippen molar-refractivity contribution in [1.29, 1.82) is 0 Å². The fourth-order valence-electron chi connectivity index (χ4n) is 3.63. The summed E-state index contributed by atoms with van der Waals surface area (Å²) in [5.74, 6) is -0.131. The molecule has 8 heteroatoms. The molecule has 1 amide bonds. The zero-order valence-corrected chi connectivity index (χ0v) is 15.8. The predicted molar refractivity (Wildman–Crippen MR) is 103 cm³/mol. The fourth-order valence-corrected chi connectivity index (χ4v) is 3.63. The number of hydrogen-bond acceptors (Lipinski definition) is 5. The average Bonchev–Trinajstić information content (AvgIpc) is 3.19. The number of hydrogen-bond donors (Lipinski definition) is 1. The molecule has 1 saturated carbocycles. The summed E-state index contributed by atoms with van der Waals surface area (Å²) in [7, 11) is 0. The van der Waals surface area contributed by atoms with Gasteiger partial charge in [-0.1, -0.05) is 17.3 Å². The Kier molecular flexibility index (Phi) is 4.20. The monoisotopic (exact) mass is 377 g/mol. The van der Waals surface area contributed by atoms with Crippen LogP contribution in [-0.4, -0.2) is 54.5 Å². The van der Waals surface area contributed by atoms with Crippen molar-refractivity contribution in [3.63, 3.8) is 0 Å². The zero-order valence-electron chi connectivity index (χ0n) is 15.8. The minimum atomic E-state index is -0.131. The lowest BCUT2D eigenvalue weighted by molar-refractivity contribution is 0.0672. The molecule has 1 unspecified atom stereocenters. The van der Waals surface area contributed by atoms with Crippen LogP contribution in [0.25, 0.3) is 5.69 Å². The van der Waals surface area contributed by atoms with Gasteiger partial charge in [-0.3, -0.25) is 9.69 Å². The van der Waals surface area contributed by atoms with E-state index in [-0.39, 0.29) is 11.9 Å². The molecule has 5 rings (SSSR count). The lowest BCUT2D eigenvalue weighted by Gasteiger charge is -2.43. The van der Waals surface area contributed by atoms with Gasteiger partial charge >= 0.3 is 0 Å². The highest BCUT2D eigenvalue weighted by molar-refractivity contribution is 5.92. The summed E-state index contributed by atoms with van der Waals surface area (Å²) in [6.07, 6.45) is 9.52. The number of likely N-dealkylation sites (tertiary alicyclic amines) is 1. The number of carbonyl (C=O) groups is 1. The van der Waals surface area contributed by atoms with E-state index in [0.717, 1.165) is 31.6 Å². The molecule has 144 valence electrons. The maximum atomic E-state index is 12.3. The molecule has 1 saturated heterocycles. The molecular formula is C20H23N7O. The van der Waals surface area contributed by atoms with Gasteiger partial charge in [-0.05, 0) is 37.5 Å². The highest BCUT2D eigenvalue weighted by Gasteiger charge is 2.33. The topological polar surface area (TPSA) is 80.9 Å². The first-order valence-corrected chi connectivity index (χ1v) is 9.72. The Morgan fingerprint density at radius 1 is 1.21 bits per heavy atom.